The zero-order chi connectivity index (χ0) is 11.7. The molecule has 1 aliphatic heterocycles. The summed E-state index contributed by atoms with van der Waals surface area (Å²) in [5, 5.41) is 1.44. The van der Waals surface area contributed by atoms with Gasteiger partial charge in [-0.05, 0) is 17.7 Å². The van der Waals surface area contributed by atoms with Crippen LogP contribution in [0, 0.1) is 0 Å². The van der Waals surface area contributed by atoms with Gasteiger partial charge in [0.25, 0.3) is 5.91 Å². The molecule has 0 spiro atoms. The van der Waals surface area contributed by atoms with E-state index in [0.29, 0.717) is 5.36 Å². The van der Waals surface area contributed by atoms with Gasteiger partial charge in [0.05, 0.1) is 10.7 Å². The highest BCUT2D eigenvalue weighted by Crippen LogP contribution is 2.18. The summed E-state index contributed by atoms with van der Waals surface area (Å²) < 4.78 is 0. The van der Waals surface area contributed by atoms with Crippen LogP contribution in [0.15, 0.2) is 64.6 Å². The third-order valence-corrected chi connectivity index (χ3v) is 2.73. The third-order valence-electron chi connectivity index (χ3n) is 2.73. The van der Waals surface area contributed by atoms with Gasteiger partial charge in [0.2, 0.25) is 0 Å². The van der Waals surface area contributed by atoms with Gasteiger partial charge < -0.3 is 0 Å². The van der Waals surface area contributed by atoms with Gasteiger partial charge in [0, 0.05) is 0 Å². The van der Waals surface area contributed by atoms with Crippen LogP contribution in [0.4, 0.5) is 0 Å². The third kappa shape index (κ3) is 1.76. The Labute approximate surface area is 98.2 Å². The monoisotopic (exact) mass is 222 g/mol. The molecule has 1 unspecified atom stereocenters. The lowest BCUT2D eigenvalue weighted by atomic mass is 10.1. The number of hydrogen-bond donors (Lipinski definition) is 0. The molecule has 0 N–H and O–H groups in total. The predicted molar refractivity (Wildman–Crippen MR) is 62.9 cm³/mol. The van der Waals surface area contributed by atoms with E-state index in [0.717, 1.165) is 10.9 Å². The number of hydrogen-bond acceptors (Lipinski definition) is 2. The molecule has 82 valence electrons. The summed E-state index contributed by atoms with van der Waals surface area (Å²) in [5.74, 6) is -0.199. The van der Waals surface area contributed by atoms with Crippen molar-refractivity contribution in [2.75, 3.05) is 0 Å². The maximum absolute atomic E-state index is 11.9. The van der Waals surface area contributed by atoms with Crippen LogP contribution < -0.4 is 10.7 Å². The summed E-state index contributed by atoms with van der Waals surface area (Å²) in [6, 6.07) is 16.5. The van der Waals surface area contributed by atoms with E-state index in [4.69, 9.17) is 0 Å². The van der Waals surface area contributed by atoms with E-state index in [1.165, 1.54) is 0 Å². The second kappa shape index (κ2) is 3.94. The molecule has 3 heteroatoms. The Morgan fingerprint density at radius 3 is 2.24 bits per heavy atom. The number of fused-ring (bicyclic) bond motifs is 1. The molecule has 3 nitrogen and oxygen atoms in total. The molecule has 0 saturated carbocycles. The van der Waals surface area contributed by atoms with Gasteiger partial charge in [0.15, 0.2) is 6.04 Å². The molecule has 1 atom stereocenters. The summed E-state index contributed by atoms with van der Waals surface area (Å²) in [4.78, 5) is 20.4. The van der Waals surface area contributed by atoms with Crippen LogP contribution in [0.5, 0.6) is 0 Å². The van der Waals surface area contributed by atoms with E-state index < -0.39 is 6.04 Å². The minimum absolute atomic E-state index is 0.199. The highest BCUT2D eigenvalue weighted by Gasteiger charge is 2.20. The van der Waals surface area contributed by atoms with Crippen molar-refractivity contribution in [3.63, 3.8) is 0 Å². The molecule has 0 aromatic heterocycles. The number of carbonyl (C=O) groups is 1. The SMILES string of the molecule is O=C1N=c2ccccc2=NC1c1ccccc1. The first-order valence-electron chi connectivity index (χ1n) is 5.45. The van der Waals surface area contributed by atoms with Crippen molar-refractivity contribution in [2.24, 2.45) is 9.98 Å². The predicted octanol–water partition coefficient (Wildman–Crippen LogP) is 1.21. The Hall–Kier alpha value is -2.29. The first-order chi connectivity index (χ1) is 8.34. The number of para-hydroxylation sites is 2. The zero-order valence-corrected chi connectivity index (χ0v) is 9.08. The average Bonchev–Trinajstić information content (AvgIpc) is 2.39. The molecule has 1 heterocycles. The molecule has 17 heavy (non-hydrogen) atoms. The van der Waals surface area contributed by atoms with Crippen molar-refractivity contribution in [1.82, 2.24) is 0 Å². The van der Waals surface area contributed by atoms with Gasteiger partial charge in [-0.15, -0.1) is 0 Å². The van der Waals surface area contributed by atoms with Crippen LogP contribution in [-0.4, -0.2) is 5.91 Å². The highest BCUT2D eigenvalue weighted by atomic mass is 16.1. The minimum Gasteiger partial charge on any atom is -0.270 e. The number of benzene rings is 2. The molecular weight excluding hydrogens is 212 g/mol. The van der Waals surface area contributed by atoms with Gasteiger partial charge in [-0.1, -0.05) is 42.5 Å². The molecule has 0 fully saturated rings. The van der Waals surface area contributed by atoms with E-state index in [2.05, 4.69) is 9.98 Å². The average molecular weight is 222 g/mol. The summed E-state index contributed by atoms with van der Waals surface area (Å²) >= 11 is 0. The molecule has 0 saturated heterocycles. The number of amides is 1. The fourth-order valence-electron chi connectivity index (χ4n) is 1.89. The van der Waals surface area contributed by atoms with E-state index >= 15 is 0 Å². The summed E-state index contributed by atoms with van der Waals surface area (Å²) in [6.45, 7) is 0. The van der Waals surface area contributed by atoms with Crippen molar-refractivity contribution in [1.29, 1.82) is 0 Å². The first kappa shape index (κ1) is 9.90. The standard InChI is InChI=1S/C14H10N2O/c17-14-13(10-6-2-1-3-7-10)15-11-8-4-5-9-12(11)16-14/h1-9,13H. The van der Waals surface area contributed by atoms with Gasteiger partial charge in [-0.2, -0.15) is 0 Å². The minimum atomic E-state index is -0.494. The van der Waals surface area contributed by atoms with Gasteiger partial charge in [0.1, 0.15) is 0 Å². The Balaban J connectivity index is 2.17. The van der Waals surface area contributed by atoms with E-state index in [9.17, 15) is 4.79 Å². The molecular formula is C14H10N2O. The van der Waals surface area contributed by atoms with E-state index in [-0.39, 0.29) is 5.91 Å². The van der Waals surface area contributed by atoms with E-state index in [1.54, 1.807) is 6.07 Å². The lowest BCUT2D eigenvalue weighted by Gasteiger charge is -2.11. The molecule has 1 amide bonds. The summed E-state index contributed by atoms with van der Waals surface area (Å²) in [7, 11) is 0. The Kier molecular flexibility index (Phi) is 2.29. The second-order valence-corrected chi connectivity index (χ2v) is 3.88. The number of nitrogens with zero attached hydrogens (tertiary/aromatic N) is 2. The van der Waals surface area contributed by atoms with Crippen LogP contribution in [0.1, 0.15) is 11.6 Å². The van der Waals surface area contributed by atoms with Crippen LogP contribution in [0.25, 0.3) is 0 Å². The van der Waals surface area contributed by atoms with Crippen molar-refractivity contribution in [3.05, 3.63) is 70.9 Å². The first-order valence-corrected chi connectivity index (χ1v) is 5.45. The second-order valence-electron chi connectivity index (χ2n) is 3.88. The molecule has 0 radical (unpaired) electrons. The van der Waals surface area contributed by atoms with Crippen LogP contribution in [0.2, 0.25) is 0 Å². The van der Waals surface area contributed by atoms with E-state index in [1.807, 2.05) is 48.5 Å². The topological polar surface area (TPSA) is 41.8 Å². The number of carbonyl (C=O) groups excluding carboxylic acids is 1. The Morgan fingerprint density at radius 1 is 0.824 bits per heavy atom. The van der Waals surface area contributed by atoms with Crippen molar-refractivity contribution < 1.29 is 4.79 Å². The van der Waals surface area contributed by atoms with Gasteiger partial charge in [-0.3, -0.25) is 9.79 Å². The highest BCUT2D eigenvalue weighted by molar-refractivity contribution is 5.84. The summed E-state index contributed by atoms with van der Waals surface area (Å²) in [5.41, 5.74) is 0.885. The zero-order valence-electron chi connectivity index (χ0n) is 9.08. The van der Waals surface area contributed by atoms with Crippen molar-refractivity contribution >= 4 is 5.91 Å². The largest absolute Gasteiger partial charge is 0.275 e. The lowest BCUT2D eigenvalue weighted by Crippen LogP contribution is -2.33. The Bertz CT molecular complexity index is 677. The van der Waals surface area contributed by atoms with Gasteiger partial charge in [-0.25, -0.2) is 4.99 Å². The van der Waals surface area contributed by atoms with Crippen LogP contribution >= 0.6 is 0 Å². The van der Waals surface area contributed by atoms with Crippen molar-refractivity contribution in [3.8, 4) is 0 Å². The normalized spacial score (nSPS) is 17.9. The van der Waals surface area contributed by atoms with Crippen LogP contribution in [-0.2, 0) is 4.79 Å². The summed E-state index contributed by atoms with van der Waals surface area (Å²) in [6.07, 6.45) is 0. The Morgan fingerprint density at radius 2 is 1.47 bits per heavy atom. The van der Waals surface area contributed by atoms with Crippen molar-refractivity contribution in [2.45, 2.75) is 6.04 Å². The molecule has 2 aromatic rings. The van der Waals surface area contributed by atoms with Crippen LogP contribution in [0.3, 0.4) is 0 Å². The molecule has 0 aliphatic carbocycles. The molecule has 0 bridgehead atoms. The smallest absolute Gasteiger partial charge is 0.270 e. The maximum atomic E-state index is 11.9. The maximum Gasteiger partial charge on any atom is 0.275 e. The fourth-order valence-corrected chi connectivity index (χ4v) is 1.89. The molecule has 3 rings (SSSR count). The molecule has 1 aliphatic rings. The number of rotatable bonds is 1. The fraction of sp³-hybridized carbons (Fsp3) is 0.0714. The lowest BCUT2D eigenvalue weighted by molar-refractivity contribution is -0.119. The quantitative estimate of drug-likeness (QED) is 0.715. The van der Waals surface area contributed by atoms with Gasteiger partial charge >= 0.3 is 0 Å². The molecule has 2 aromatic carbocycles.